The second kappa shape index (κ2) is 3.75. The highest BCUT2D eigenvalue weighted by atomic mass is 79.9. The van der Waals surface area contributed by atoms with Gasteiger partial charge in [-0.1, -0.05) is 29.8 Å². The summed E-state index contributed by atoms with van der Waals surface area (Å²) >= 11 is 3.38. The molecule has 2 rings (SSSR count). The first-order chi connectivity index (χ1) is 7.44. The van der Waals surface area contributed by atoms with Crippen molar-refractivity contribution in [3.63, 3.8) is 0 Å². The Morgan fingerprint density at radius 1 is 1.50 bits per heavy atom. The Morgan fingerprint density at radius 3 is 2.81 bits per heavy atom. The summed E-state index contributed by atoms with van der Waals surface area (Å²) in [5, 5.41) is 9.30. The highest BCUT2D eigenvalue weighted by molar-refractivity contribution is 9.10. The van der Waals surface area contributed by atoms with Gasteiger partial charge in [0.2, 0.25) is 0 Å². The van der Waals surface area contributed by atoms with E-state index in [2.05, 4.69) is 25.9 Å². The number of aliphatic hydroxyl groups is 1. The van der Waals surface area contributed by atoms with Crippen molar-refractivity contribution in [2.24, 2.45) is 0 Å². The molecule has 0 atom stereocenters. The number of anilines is 1. The van der Waals surface area contributed by atoms with Crippen LogP contribution in [0.5, 0.6) is 0 Å². The number of imidazole rings is 1. The number of nitrogens with two attached hydrogens (primary N) is 1. The summed E-state index contributed by atoms with van der Waals surface area (Å²) in [6, 6.07) is 3.74. The SMILES string of the molecule is CC(C)(CO)c1nc2c(N)cc(Br)cc2[nH]1. The molecule has 1 aromatic heterocycles. The number of rotatable bonds is 2. The number of nitrogens with zero attached hydrogens (tertiary/aromatic N) is 1. The van der Waals surface area contributed by atoms with Crippen LogP contribution in [0.1, 0.15) is 19.7 Å². The summed E-state index contributed by atoms with van der Waals surface area (Å²) in [5.41, 5.74) is 7.74. The maximum absolute atomic E-state index is 9.30. The summed E-state index contributed by atoms with van der Waals surface area (Å²) in [4.78, 5) is 7.62. The third-order valence-corrected chi connectivity index (χ3v) is 3.08. The second-order valence-electron chi connectivity index (χ2n) is 4.52. The minimum absolute atomic E-state index is 0.0356. The Hall–Kier alpha value is -1.07. The molecule has 0 bridgehead atoms. The van der Waals surface area contributed by atoms with Crippen LogP contribution in [0.25, 0.3) is 11.0 Å². The van der Waals surface area contributed by atoms with Crippen molar-refractivity contribution in [1.29, 1.82) is 0 Å². The van der Waals surface area contributed by atoms with Crippen molar-refractivity contribution in [2.75, 3.05) is 12.3 Å². The van der Waals surface area contributed by atoms with E-state index >= 15 is 0 Å². The van der Waals surface area contributed by atoms with Crippen LogP contribution >= 0.6 is 15.9 Å². The first-order valence-corrected chi connectivity index (χ1v) is 5.79. The maximum atomic E-state index is 9.30. The fraction of sp³-hybridized carbons (Fsp3) is 0.364. The lowest BCUT2D eigenvalue weighted by molar-refractivity contribution is 0.213. The molecule has 0 unspecified atom stereocenters. The smallest absolute Gasteiger partial charge is 0.115 e. The summed E-state index contributed by atoms with van der Waals surface area (Å²) in [6.07, 6.45) is 0. The molecule has 2 aromatic rings. The molecule has 0 amide bonds. The van der Waals surface area contributed by atoms with Gasteiger partial charge in [0, 0.05) is 9.89 Å². The van der Waals surface area contributed by atoms with Crippen LogP contribution in [0.3, 0.4) is 0 Å². The number of aromatic nitrogens is 2. The van der Waals surface area contributed by atoms with Gasteiger partial charge in [0.15, 0.2) is 0 Å². The first kappa shape index (κ1) is 11.4. The zero-order chi connectivity index (χ0) is 11.9. The Labute approximate surface area is 102 Å². The van der Waals surface area contributed by atoms with Crippen LogP contribution in [0.15, 0.2) is 16.6 Å². The topological polar surface area (TPSA) is 74.9 Å². The molecular formula is C11H14BrN3O. The molecule has 4 nitrogen and oxygen atoms in total. The van der Waals surface area contributed by atoms with Gasteiger partial charge in [-0.05, 0) is 12.1 Å². The molecule has 0 saturated carbocycles. The molecule has 0 aliphatic rings. The maximum Gasteiger partial charge on any atom is 0.115 e. The molecule has 16 heavy (non-hydrogen) atoms. The Kier molecular flexibility index (Phi) is 2.67. The molecule has 4 N–H and O–H groups in total. The Bertz CT molecular complexity index is 533. The van der Waals surface area contributed by atoms with E-state index in [1.54, 1.807) is 0 Å². The number of halogens is 1. The summed E-state index contributed by atoms with van der Waals surface area (Å²) < 4.78 is 0.912. The molecule has 0 aliphatic carbocycles. The summed E-state index contributed by atoms with van der Waals surface area (Å²) in [7, 11) is 0. The van der Waals surface area contributed by atoms with Gasteiger partial charge in [0.25, 0.3) is 0 Å². The quantitative estimate of drug-likeness (QED) is 0.740. The number of H-pyrrole nitrogens is 1. The molecule has 0 aliphatic heterocycles. The number of nitrogen functional groups attached to an aromatic ring is 1. The van der Waals surface area contributed by atoms with Crippen LogP contribution in [0.2, 0.25) is 0 Å². The van der Waals surface area contributed by atoms with Gasteiger partial charge in [-0.25, -0.2) is 4.98 Å². The predicted molar refractivity (Wildman–Crippen MR) is 68.3 cm³/mol. The van der Waals surface area contributed by atoms with E-state index in [-0.39, 0.29) is 6.61 Å². The molecule has 1 heterocycles. The van der Waals surface area contributed by atoms with E-state index in [1.165, 1.54) is 0 Å². The number of nitrogens with one attached hydrogen (secondary N) is 1. The van der Waals surface area contributed by atoms with Gasteiger partial charge >= 0.3 is 0 Å². The van der Waals surface area contributed by atoms with Crippen molar-refractivity contribution in [1.82, 2.24) is 9.97 Å². The summed E-state index contributed by atoms with van der Waals surface area (Å²) in [6.45, 7) is 3.89. The molecule has 0 saturated heterocycles. The van der Waals surface area contributed by atoms with Crippen LogP contribution in [-0.2, 0) is 5.41 Å². The van der Waals surface area contributed by atoms with Gasteiger partial charge in [-0.15, -0.1) is 0 Å². The number of fused-ring (bicyclic) bond motifs is 1. The summed E-state index contributed by atoms with van der Waals surface area (Å²) in [5.74, 6) is 0.745. The average molecular weight is 284 g/mol. The zero-order valence-electron chi connectivity index (χ0n) is 9.21. The van der Waals surface area contributed by atoms with Crippen molar-refractivity contribution in [3.05, 3.63) is 22.4 Å². The first-order valence-electron chi connectivity index (χ1n) is 5.00. The Morgan fingerprint density at radius 2 is 2.19 bits per heavy atom. The van der Waals surface area contributed by atoms with Crippen molar-refractivity contribution in [3.8, 4) is 0 Å². The molecule has 0 spiro atoms. The van der Waals surface area contributed by atoms with Crippen molar-refractivity contribution in [2.45, 2.75) is 19.3 Å². The van der Waals surface area contributed by atoms with Crippen LogP contribution < -0.4 is 5.73 Å². The predicted octanol–water partition coefficient (Wildman–Crippen LogP) is 2.18. The fourth-order valence-corrected chi connectivity index (χ4v) is 1.98. The molecule has 0 radical (unpaired) electrons. The third-order valence-electron chi connectivity index (χ3n) is 2.62. The van der Waals surface area contributed by atoms with Crippen LogP contribution in [0, 0.1) is 0 Å². The number of benzene rings is 1. The van der Waals surface area contributed by atoms with E-state index < -0.39 is 5.41 Å². The number of hydrogen-bond acceptors (Lipinski definition) is 3. The van der Waals surface area contributed by atoms with E-state index in [0.29, 0.717) is 5.69 Å². The molecule has 0 fully saturated rings. The second-order valence-corrected chi connectivity index (χ2v) is 5.43. The zero-order valence-corrected chi connectivity index (χ0v) is 10.8. The normalized spacial score (nSPS) is 12.2. The fourth-order valence-electron chi connectivity index (χ4n) is 1.50. The van der Waals surface area contributed by atoms with E-state index in [0.717, 1.165) is 21.3 Å². The van der Waals surface area contributed by atoms with E-state index in [4.69, 9.17) is 5.73 Å². The highest BCUT2D eigenvalue weighted by Gasteiger charge is 2.23. The minimum atomic E-state index is -0.391. The molecule has 5 heteroatoms. The van der Waals surface area contributed by atoms with E-state index in [1.807, 2.05) is 26.0 Å². The van der Waals surface area contributed by atoms with Gasteiger partial charge in [-0.3, -0.25) is 0 Å². The van der Waals surface area contributed by atoms with Gasteiger partial charge in [0.05, 0.1) is 17.8 Å². The number of aromatic amines is 1. The lowest BCUT2D eigenvalue weighted by atomic mass is 9.94. The Balaban J connectivity index is 2.65. The lowest BCUT2D eigenvalue weighted by Crippen LogP contribution is -2.23. The number of aliphatic hydroxyl groups excluding tert-OH is 1. The van der Waals surface area contributed by atoms with Gasteiger partial charge in [-0.2, -0.15) is 0 Å². The minimum Gasteiger partial charge on any atom is -0.397 e. The molecule has 1 aromatic carbocycles. The molecule has 86 valence electrons. The highest BCUT2D eigenvalue weighted by Crippen LogP contribution is 2.28. The van der Waals surface area contributed by atoms with Crippen molar-refractivity contribution < 1.29 is 5.11 Å². The van der Waals surface area contributed by atoms with Crippen LogP contribution in [-0.4, -0.2) is 21.7 Å². The van der Waals surface area contributed by atoms with Crippen LogP contribution in [0.4, 0.5) is 5.69 Å². The average Bonchev–Trinajstić information content (AvgIpc) is 2.62. The number of hydrogen-bond donors (Lipinski definition) is 3. The standard InChI is InChI=1S/C11H14BrN3O/c1-11(2,5-16)10-14-8-4-6(12)3-7(13)9(8)15-10/h3-4,16H,5,13H2,1-2H3,(H,14,15). The monoisotopic (exact) mass is 283 g/mol. The lowest BCUT2D eigenvalue weighted by Gasteiger charge is -2.17. The molecular weight excluding hydrogens is 270 g/mol. The largest absolute Gasteiger partial charge is 0.397 e. The van der Waals surface area contributed by atoms with Crippen molar-refractivity contribution >= 4 is 32.7 Å². The van der Waals surface area contributed by atoms with E-state index in [9.17, 15) is 5.11 Å². The van der Waals surface area contributed by atoms with Gasteiger partial charge in [0.1, 0.15) is 11.3 Å². The van der Waals surface area contributed by atoms with Gasteiger partial charge < -0.3 is 15.8 Å². The third kappa shape index (κ3) is 1.81.